The van der Waals surface area contributed by atoms with Gasteiger partial charge in [0.15, 0.2) is 0 Å². The summed E-state index contributed by atoms with van der Waals surface area (Å²) in [7, 11) is 0. The number of phenolic OH excluding ortho intramolecular Hbond substituents is 1. The van der Waals surface area contributed by atoms with Crippen molar-refractivity contribution in [2.75, 3.05) is 13.2 Å². The molecule has 2 aliphatic rings. The van der Waals surface area contributed by atoms with Gasteiger partial charge in [0.25, 0.3) is 0 Å². The molecule has 27 heteroatoms. The van der Waals surface area contributed by atoms with E-state index in [2.05, 4.69) is 51.1 Å². The van der Waals surface area contributed by atoms with Crippen molar-refractivity contribution >= 4 is 70.9 Å². The molecule has 78 heavy (non-hydrogen) atoms. The molecule has 0 bridgehead atoms. The molecule has 1 aromatic rings. The minimum atomic E-state index is -1.91. The highest BCUT2D eigenvalue weighted by Crippen LogP contribution is 2.22. The molecule has 2 saturated heterocycles. The van der Waals surface area contributed by atoms with Crippen LogP contribution in [0.25, 0.3) is 0 Å². The maximum atomic E-state index is 14.3. The lowest BCUT2D eigenvalue weighted by Crippen LogP contribution is -2.60. The summed E-state index contributed by atoms with van der Waals surface area (Å²) < 4.78 is 0. The highest BCUT2D eigenvalue weighted by molar-refractivity contribution is 6.00. The summed E-state index contributed by atoms with van der Waals surface area (Å²) in [4.78, 5) is 162. The number of nitrogens with two attached hydrogens (primary N) is 4. The molecular weight excluding hydrogens is 1020 g/mol. The Labute approximate surface area is 452 Å². The fourth-order valence-electron chi connectivity index (χ4n) is 9.09. The number of aromatic hydroxyl groups is 1. The van der Waals surface area contributed by atoms with Crippen LogP contribution >= 0.6 is 0 Å². The van der Waals surface area contributed by atoms with E-state index in [-0.39, 0.29) is 18.6 Å². The van der Waals surface area contributed by atoms with Gasteiger partial charge in [0, 0.05) is 38.3 Å². The average molecular weight is 1100 g/mol. The number of phenols is 1. The average Bonchev–Trinajstić information content (AvgIpc) is 3.76. The lowest BCUT2D eigenvalue weighted by atomic mass is 10.0. The number of fused-ring (bicyclic) bond motifs is 1. The SMILES string of the molecule is CC(C)CCCCCCCCCCC[C@@H]1CC(=O)N[C@@H](CC(N)=O)C(=O)N[C@H](Cc2ccc(O)cc2)C(=O)N[C@H](CC(N)=O)C(=O)N[C@@H](CCC(N)=O)C(=O)N2C[C@H](O)C[C@H]2C(=O)N[C@H](CC(N)=O)C(=O)N[C@@H](CO)C(=O)N1. The van der Waals surface area contributed by atoms with E-state index in [1.165, 1.54) is 37.1 Å². The van der Waals surface area contributed by atoms with Crippen molar-refractivity contribution in [3.8, 4) is 5.75 Å². The number of carbonyl (C=O) groups is 12. The van der Waals surface area contributed by atoms with Gasteiger partial charge in [-0.3, -0.25) is 57.5 Å². The largest absolute Gasteiger partial charge is 0.508 e. The lowest BCUT2D eigenvalue weighted by molar-refractivity contribution is -0.143. The number of hydrogen-bond donors (Lipinski definition) is 14. The van der Waals surface area contributed by atoms with Gasteiger partial charge in [0.1, 0.15) is 48.0 Å². The zero-order valence-electron chi connectivity index (χ0n) is 44.4. The van der Waals surface area contributed by atoms with E-state index >= 15 is 0 Å². The fraction of sp³-hybridized carbons (Fsp3) is 0.647. The molecule has 27 nitrogen and oxygen atoms in total. The number of amides is 12. The molecule has 434 valence electrons. The first-order valence-corrected chi connectivity index (χ1v) is 26.5. The van der Waals surface area contributed by atoms with Crippen LogP contribution in [0.5, 0.6) is 5.75 Å². The number of aliphatic hydroxyl groups excluding tert-OH is 2. The molecule has 18 N–H and O–H groups in total. The minimum Gasteiger partial charge on any atom is -0.508 e. The smallest absolute Gasteiger partial charge is 0.245 e. The molecule has 12 amide bonds. The van der Waals surface area contributed by atoms with Crippen molar-refractivity contribution < 1.29 is 72.9 Å². The van der Waals surface area contributed by atoms with E-state index in [4.69, 9.17) is 22.9 Å². The standard InChI is InChI=1S/C51H80N12O15/c1-28(2)12-10-8-6-4-3-5-7-9-11-13-30-21-44(71)57-35(23-41(53)68)46(73)59-34(20-29-14-16-31(65)17-15-29)45(72)60-36(24-42(54)69)47(74)58-33(18-19-40(52)67)51(78)63-26-32(66)22-39(63)50(77)61-37(25-43(55)70)48(75)62-38(27-64)49(76)56-30/h14-17,28,30,32-39,64-66H,3-13,18-27H2,1-2H3,(H2,52,67)(H2,53,68)(H2,54,69)(H2,55,70)(H,56,76)(H,57,71)(H,58,74)(H,59,73)(H,60,72)(H,61,77)(H,62,75)/t30-,32-,33+,34-,35+,36-,37-,38+,39+/m1/s1. The molecule has 1 aromatic carbocycles. The topological polar surface area (TPSA) is 457 Å². The van der Waals surface area contributed by atoms with E-state index in [1.807, 2.05) is 0 Å². The van der Waals surface area contributed by atoms with Crippen LogP contribution in [0.4, 0.5) is 0 Å². The number of nitrogens with one attached hydrogen (secondary N) is 7. The third kappa shape index (κ3) is 23.4. The van der Waals surface area contributed by atoms with Crippen molar-refractivity contribution in [1.82, 2.24) is 42.1 Å². The van der Waals surface area contributed by atoms with Crippen molar-refractivity contribution in [3.63, 3.8) is 0 Å². The quantitative estimate of drug-likeness (QED) is 0.0447. The molecule has 0 saturated carbocycles. The van der Waals surface area contributed by atoms with E-state index < -0.39 is 183 Å². The van der Waals surface area contributed by atoms with E-state index in [1.54, 1.807) is 0 Å². The van der Waals surface area contributed by atoms with Gasteiger partial charge in [0.05, 0.1) is 32.0 Å². The first-order chi connectivity index (χ1) is 36.9. The monoisotopic (exact) mass is 1100 g/mol. The Kier molecular flexibility index (Phi) is 27.4. The number of primary amides is 4. The summed E-state index contributed by atoms with van der Waals surface area (Å²) in [5.41, 5.74) is 22.1. The number of nitrogens with zero attached hydrogens (tertiary/aromatic N) is 1. The summed E-state index contributed by atoms with van der Waals surface area (Å²) in [6.07, 6.45) is 3.35. The number of hydrogen-bond acceptors (Lipinski definition) is 15. The van der Waals surface area contributed by atoms with E-state index in [0.29, 0.717) is 24.3 Å². The molecule has 9 atom stereocenters. The van der Waals surface area contributed by atoms with Gasteiger partial charge < -0.3 is 80.4 Å². The van der Waals surface area contributed by atoms with Crippen LogP contribution < -0.4 is 60.2 Å². The van der Waals surface area contributed by atoms with E-state index in [0.717, 1.165) is 43.4 Å². The molecule has 0 aromatic heterocycles. The van der Waals surface area contributed by atoms with Crippen LogP contribution in [0, 0.1) is 5.92 Å². The minimum absolute atomic E-state index is 0.161. The molecule has 0 radical (unpaired) electrons. The number of aliphatic hydroxyl groups is 2. The van der Waals surface area contributed by atoms with Crippen LogP contribution in [0.3, 0.4) is 0 Å². The summed E-state index contributed by atoms with van der Waals surface area (Å²) >= 11 is 0. The van der Waals surface area contributed by atoms with Crippen LogP contribution in [0.2, 0.25) is 0 Å². The Hall–Kier alpha value is -7.42. The molecule has 0 unspecified atom stereocenters. The van der Waals surface area contributed by atoms with Gasteiger partial charge >= 0.3 is 0 Å². The lowest BCUT2D eigenvalue weighted by Gasteiger charge is -2.30. The van der Waals surface area contributed by atoms with Crippen molar-refractivity contribution in [2.24, 2.45) is 28.9 Å². The molecular formula is C51H80N12O15. The second-order valence-electron chi connectivity index (χ2n) is 20.5. The summed E-state index contributed by atoms with van der Waals surface area (Å²) in [6, 6.07) is -8.08. The Morgan fingerprint density at radius 1 is 0.564 bits per heavy atom. The third-order valence-electron chi connectivity index (χ3n) is 13.2. The Morgan fingerprint density at radius 2 is 1.01 bits per heavy atom. The molecule has 0 spiro atoms. The predicted molar refractivity (Wildman–Crippen MR) is 279 cm³/mol. The molecule has 2 fully saturated rings. The van der Waals surface area contributed by atoms with Gasteiger partial charge in [-0.1, -0.05) is 90.2 Å². The number of rotatable bonds is 24. The number of benzene rings is 1. The number of carbonyl (C=O) groups excluding carboxylic acids is 12. The van der Waals surface area contributed by atoms with Crippen molar-refractivity contribution in [2.45, 2.75) is 190 Å². The maximum Gasteiger partial charge on any atom is 0.245 e. The highest BCUT2D eigenvalue weighted by Gasteiger charge is 2.44. The second kappa shape index (κ2) is 33.0. The summed E-state index contributed by atoms with van der Waals surface area (Å²) in [5, 5.41) is 47.8. The molecule has 0 aliphatic carbocycles. The Bertz CT molecular complexity index is 2270. The molecule has 3 rings (SSSR count). The van der Waals surface area contributed by atoms with Crippen LogP contribution in [0.1, 0.15) is 135 Å². The number of unbranched alkanes of at least 4 members (excludes halogenated alkanes) is 8. The van der Waals surface area contributed by atoms with Crippen LogP contribution in [-0.2, 0) is 64.0 Å². The van der Waals surface area contributed by atoms with E-state index in [9.17, 15) is 72.9 Å². The second-order valence-corrected chi connectivity index (χ2v) is 20.5. The van der Waals surface area contributed by atoms with Gasteiger partial charge in [-0.05, 0) is 36.5 Å². The Morgan fingerprint density at radius 3 is 1.53 bits per heavy atom. The highest BCUT2D eigenvalue weighted by atomic mass is 16.3. The van der Waals surface area contributed by atoms with Crippen molar-refractivity contribution in [3.05, 3.63) is 29.8 Å². The van der Waals surface area contributed by atoms with Gasteiger partial charge in [-0.25, -0.2) is 0 Å². The Balaban J connectivity index is 2.10. The first-order valence-electron chi connectivity index (χ1n) is 26.5. The summed E-state index contributed by atoms with van der Waals surface area (Å²) in [5.74, 6) is -12.7. The van der Waals surface area contributed by atoms with Gasteiger partial charge in [-0.15, -0.1) is 0 Å². The van der Waals surface area contributed by atoms with Crippen LogP contribution in [-0.4, -0.2) is 159 Å². The maximum absolute atomic E-state index is 14.3. The zero-order valence-corrected chi connectivity index (χ0v) is 44.4. The fourth-order valence-corrected chi connectivity index (χ4v) is 9.09. The van der Waals surface area contributed by atoms with Gasteiger partial charge in [-0.2, -0.15) is 0 Å². The van der Waals surface area contributed by atoms with Crippen molar-refractivity contribution in [1.29, 1.82) is 0 Å². The first kappa shape index (κ1) is 64.9. The zero-order chi connectivity index (χ0) is 58.1. The molecule has 2 aliphatic heterocycles. The third-order valence-corrected chi connectivity index (χ3v) is 13.2. The van der Waals surface area contributed by atoms with Crippen LogP contribution in [0.15, 0.2) is 24.3 Å². The normalized spacial score (nSPS) is 24.5. The summed E-state index contributed by atoms with van der Waals surface area (Å²) in [6.45, 7) is 2.80. The predicted octanol–water partition coefficient (Wildman–Crippen LogP) is -3.48. The molecule has 2 heterocycles. The van der Waals surface area contributed by atoms with Gasteiger partial charge in [0.2, 0.25) is 70.9 Å².